The number of hydrogen-bond donors (Lipinski definition) is 2. The van der Waals surface area contributed by atoms with Gasteiger partial charge in [-0.1, -0.05) is 23.7 Å². The number of aliphatic hydroxyl groups is 1. The van der Waals surface area contributed by atoms with Gasteiger partial charge < -0.3 is 10.4 Å². The molecule has 0 saturated carbocycles. The molecule has 1 aliphatic rings. The largest absolute Gasteiger partial charge is 0.389 e. The first-order chi connectivity index (χ1) is 8.50. The smallest absolute Gasteiger partial charge is 0.142 e. The number of rotatable bonds is 3. The molecule has 0 spiro atoms. The zero-order valence-corrected chi connectivity index (χ0v) is 11.3. The monoisotopic (exact) mass is 271 g/mol. The summed E-state index contributed by atoms with van der Waals surface area (Å²) in [4.78, 5) is 0. The van der Waals surface area contributed by atoms with E-state index in [9.17, 15) is 9.50 Å². The van der Waals surface area contributed by atoms with E-state index in [2.05, 4.69) is 5.32 Å². The molecule has 0 aromatic heterocycles. The van der Waals surface area contributed by atoms with E-state index in [1.54, 1.807) is 12.1 Å². The van der Waals surface area contributed by atoms with E-state index in [4.69, 9.17) is 11.6 Å². The SMILES string of the molecule is CC(O)(Cc1cccc(F)c1Cl)C1CCCNC1. The summed E-state index contributed by atoms with van der Waals surface area (Å²) in [6.07, 6.45) is 2.45. The quantitative estimate of drug-likeness (QED) is 0.886. The van der Waals surface area contributed by atoms with Crippen molar-refractivity contribution in [1.29, 1.82) is 0 Å². The van der Waals surface area contributed by atoms with E-state index in [1.165, 1.54) is 6.07 Å². The van der Waals surface area contributed by atoms with Crippen LogP contribution in [0.3, 0.4) is 0 Å². The van der Waals surface area contributed by atoms with Crippen LogP contribution in [0.4, 0.5) is 4.39 Å². The van der Waals surface area contributed by atoms with Crippen LogP contribution in [0.1, 0.15) is 25.3 Å². The van der Waals surface area contributed by atoms with Gasteiger partial charge in [-0.05, 0) is 37.9 Å². The van der Waals surface area contributed by atoms with Crippen molar-refractivity contribution in [3.8, 4) is 0 Å². The molecule has 4 heteroatoms. The zero-order chi connectivity index (χ0) is 13.2. The molecule has 2 nitrogen and oxygen atoms in total. The lowest BCUT2D eigenvalue weighted by Gasteiger charge is -2.36. The Hall–Kier alpha value is -0.640. The van der Waals surface area contributed by atoms with Gasteiger partial charge in [-0.25, -0.2) is 4.39 Å². The van der Waals surface area contributed by atoms with Crippen LogP contribution in [0.2, 0.25) is 5.02 Å². The van der Waals surface area contributed by atoms with E-state index in [0.717, 1.165) is 25.9 Å². The van der Waals surface area contributed by atoms with E-state index in [-0.39, 0.29) is 10.9 Å². The maximum absolute atomic E-state index is 13.4. The van der Waals surface area contributed by atoms with Crippen molar-refractivity contribution in [3.05, 3.63) is 34.6 Å². The minimum atomic E-state index is -0.856. The van der Waals surface area contributed by atoms with E-state index >= 15 is 0 Å². The normalized spacial score (nSPS) is 23.7. The Bertz CT molecular complexity index is 416. The molecule has 2 N–H and O–H groups in total. The van der Waals surface area contributed by atoms with Crippen LogP contribution in [0.25, 0.3) is 0 Å². The summed E-state index contributed by atoms with van der Waals surface area (Å²) in [5.41, 5.74) is -0.183. The highest BCUT2D eigenvalue weighted by atomic mass is 35.5. The molecular weight excluding hydrogens is 253 g/mol. The molecule has 2 unspecified atom stereocenters. The van der Waals surface area contributed by atoms with Gasteiger partial charge in [0.05, 0.1) is 10.6 Å². The van der Waals surface area contributed by atoms with Gasteiger partial charge >= 0.3 is 0 Å². The fourth-order valence-electron chi connectivity index (χ4n) is 2.60. The van der Waals surface area contributed by atoms with Gasteiger partial charge in [-0.3, -0.25) is 0 Å². The fourth-order valence-corrected chi connectivity index (χ4v) is 2.79. The summed E-state index contributed by atoms with van der Waals surface area (Å²) in [7, 11) is 0. The first kappa shape index (κ1) is 13.8. The third-order valence-corrected chi connectivity index (χ3v) is 4.18. The van der Waals surface area contributed by atoms with Crippen LogP contribution < -0.4 is 5.32 Å². The molecular formula is C14H19ClFNO. The third kappa shape index (κ3) is 3.02. The molecule has 2 rings (SSSR count). The molecule has 2 atom stereocenters. The molecule has 100 valence electrons. The summed E-state index contributed by atoms with van der Waals surface area (Å²) in [5, 5.41) is 14.0. The molecule has 0 amide bonds. The fraction of sp³-hybridized carbons (Fsp3) is 0.571. The number of benzene rings is 1. The average molecular weight is 272 g/mol. The second kappa shape index (κ2) is 5.55. The Morgan fingerprint density at radius 1 is 1.56 bits per heavy atom. The first-order valence-electron chi connectivity index (χ1n) is 6.36. The molecule has 1 aromatic rings. The molecule has 18 heavy (non-hydrogen) atoms. The van der Waals surface area contributed by atoms with Crippen molar-refractivity contribution in [2.75, 3.05) is 13.1 Å². The Balaban J connectivity index is 2.13. The van der Waals surface area contributed by atoms with Crippen molar-refractivity contribution >= 4 is 11.6 Å². The zero-order valence-electron chi connectivity index (χ0n) is 10.5. The van der Waals surface area contributed by atoms with Gasteiger partial charge in [0.1, 0.15) is 5.82 Å². The highest BCUT2D eigenvalue weighted by Crippen LogP contribution is 2.30. The number of nitrogens with one attached hydrogen (secondary N) is 1. The summed E-state index contributed by atoms with van der Waals surface area (Å²) in [6, 6.07) is 4.74. The first-order valence-corrected chi connectivity index (χ1v) is 6.74. The van der Waals surface area contributed by atoms with E-state index < -0.39 is 11.4 Å². The van der Waals surface area contributed by atoms with E-state index in [0.29, 0.717) is 12.0 Å². The van der Waals surface area contributed by atoms with Crippen LogP contribution in [0, 0.1) is 11.7 Å². The molecule has 1 saturated heterocycles. The second-order valence-electron chi connectivity index (χ2n) is 5.29. The van der Waals surface area contributed by atoms with Crippen molar-refractivity contribution in [2.24, 2.45) is 5.92 Å². The van der Waals surface area contributed by atoms with Crippen molar-refractivity contribution < 1.29 is 9.50 Å². The molecule has 0 aliphatic carbocycles. The Morgan fingerprint density at radius 3 is 3.00 bits per heavy atom. The van der Waals surface area contributed by atoms with Gasteiger partial charge in [0.15, 0.2) is 0 Å². The van der Waals surface area contributed by atoms with Crippen LogP contribution >= 0.6 is 11.6 Å². The summed E-state index contributed by atoms with van der Waals surface area (Å²) < 4.78 is 13.4. The lowest BCUT2D eigenvalue weighted by Crippen LogP contribution is -2.45. The molecule has 0 radical (unpaired) electrons. The maximum Gasteiger partial charge on any atom is 0.142 e. The highest BCUT2D eigenvalue weighted by Gasteiger charge is 2.33. The Labute approximate surface area is 112 Å². The second-order valence-corrected chi connectivity index (χ2v) is 5.67. The van der Waals surface area contributed by atoms with Gasteiger partial charge in [0.25, 0.3) is 0 Å². The number of halogens is 2. The molecule has 1 aliphatic heterocycles. The third-order valence-electron chi connectivity index (χ3n) is 3.76. The van der Waals surface area contributed by atoms with Gasteiger partial charge in [-0.2, -0.15) is 0 Å². The predicted octanol–water partition coefficient (Wildman–Crippen LogP) is 2.77. The maximum atomic E-state index is 13.4. The molecule has 1 aromatic carbocycles. The lowest BCUT2D eigenvalue weighted by molar-refractivity contribution is -0.0102. The predicted molar refractivity (Wildman–Crippen MR) is 71.3 cm³/mol. The van der Waals surface area contributed by atoms with Gasteiger partial charge in [-0.15, -0.1) is 0 Å². The summed E-state index contributed by atoms with van der Waals surface area (Å²) in [5.74, 6) is -0.239. The number of hydrogen-bond acceptors (Lipinski definition) is 2. The highest BCUT2D eigenvalue weighted by molar-refractivity contribution is 6.31. The van der Waals surface area contributed by atoms with Crippen LogP contribution in [-0.2, 0) is 6.42 Å². The Kier molecular flexibility index (Phi) is 4.25. The number of piperidine rings is 1. The van der Waals surface area contributed by atoms with Crippen LogP contribution in [-0.4, -0.2) is 23.8 Å². The minimum Gasteiger partial charge on any atom is -0.389 e. The van der Waals surface area contributed by atoms with Gasteiger partial charge in [0, 0.05) is 18.9 Å². The molecule has 1 heterocycles. The topological polar surface area (TPSA) is 32.3 Å². The Morgan fingerprint density at radius 2 is 2.33 bits per heavy atom. The van der Waals surface area contributed by atoms with Crippen LogP contribution in [0.5, 0.6) is 0 Å². The van der Waals surface area contributed by atoms with Crippen molar-refractivity contribution in [1.82, 2.24) is 5.32 Å². The summed E-state index contributed by atoms with van der Waals surface area (Å²) in [6.45, 7) is 3.62. The molecule has 1 fully saturated rings. The van der Waals surface area contributed by atoms with Crippen molar-refractivity contribution in [3.63, 3.8) is 0 Å². The summed E-state index contributed by atoms with van der Waals surface area (Å²) >= 11 is 5.94. The standard InChI is InChI=1S/C14H19ClFNO/c1-14(18,11-5-3-7-17-9-11)8-10-4-2-6-12(16)13(10)15/h2,4,6,11,17-18H,3,5,7-9H2,1H3. The average Bonchev–Trinajstić information content (AvgIpc) is 2.36. The van der Waals surface area contributed by atoms with E-state index in [1.807, 2.05) is 6.92 Å². The van der Waals surface area contributed by atoms with Crippen LogP contribution in [0.15, 0.2) is 18.2 Å². The molecule has 0 bridgehead atoms. The van der Waals surface area contributed by atoms with Gasteiger partial charge in [0.2, 0.25) is 0 Å². The minimum absolute atomic E-state index is 0.126. The van der Waals surface area contributed by atoms with Crippen molar-refractivity contribution in [2.45, 2.75) is 31.8 Å². The lowest BCUT2D eigenvalue weighted by atomic mass is 9.79.